The molecule has 0 aliphatic rings. The van der Waals surface area contributed by atoms with Crippen LogP contribution in [0.25, 0.3) is 0 Å². The van der Waals surface area contributed by atoms with Gasteiger partial charge in [-0.05, 0) is 62.4 Å². The minimum atomic E-state index is -3.49. The maximum Gasteiger partial charge on any atom is 0.240 e. The van der Waals surface area contributed by atoms with Gasteiger partial charge in [-0.3, -0.25) is 0 Å². The summed E-state index contributed by atoms with van der Waals surface area (Å²) in [6.45, 7) is 5.85. The van der Waals surface area contributed by atoms with Gasteiger partial charge in [-0.25, -0.2) is 17.5 Å². The summed E-state index contributed by atoms with van der Waals surface area (Å²) >= 11 is 0. The van der Waals surface area contributed by atoms with E-state index in [9.17, 15) is 12.8 Å². The molecule has 2 atom stereocenters. The van der Waals surface area contributed by atoms with E-state index < -0.39 is 10.0 Å². The standard InChI is InChI=1S/C19H24FNO2S/c1-14-4-12-19(13-5-14)24(22,23)21-16(3)7-6-15(2)17-8-10-18(20)11-9-17/h4-5,8-13,15-16,21H,6-7H2,1-3H3. The van der Waals surface area contributed by atoms with Gasteiger partial charge in [0, 0.05) is 6.04 Å². The van der Waals surface area contributed by atoms with E-state index in [1.54, 1.807) is 36.4 Å². The summed E-state index contributed by atoms with van der Waals surface area (Å²) in [6, 6.07) is 13.1. The second-order valence-corrected chi connectivity index (χ2v) is 8.08. The minimum absolute atomic E-state index is 0.167. The van der Waals surface area contributed by atoms with Gasteiger partial charge in [-0.2, -0.15) is 0 Å². The lowest BCUT2D eigenvalue weighted by Gasteiger charge is -2.17. The van der Waals surface area contributed by atoms with Crippen molar-refractivity contribution < 1.29 is 12.8 Å². The van der Waals surface area contributed by atoms with Gasteiger partial charge in [0.15, 0.2) is 0 Å². The Balaban J connectivity index is 1.91. The van der Waals surface area contributed by atoms with E-state index >= 15 is 0 Å². The number of hydrogen-bond acceptors (Lipinski definition) is 2. The largest absolute Gasteiger partial charge is 0.240 e. The Kier molecular flexibility index (Phi) is 6.13. The monoisotopic (exact) mass is 349 g/mol. The van der Waals surface area contributed by atoms with Crippen LogP contribution in [0, 0.1) is 12.7 Å². The molecule has 2 aromatic rings. The smallest absolute Gasteiger partial charge is 0.208 e. The molecule has 1 N–H and O–H groups in total. The van der Waals surface area contributed by atoms with Gasteiger partial charge in [0.2, 0.25) is 10.0 Å². The Bertz CT molecular complexity index is 755. The van der Waals surface area contributed by atoms with E-state index in [1.807, 2.05) is 13.8 Å². The van der Waals surface area contributed by atoms with Crippen molar-refractivity contribution in [3.63, 3.8) is 0 Å². The second-order valence-electron chi connectivity index (χ2n) is 6.37. The zero-order valence-corrected chi connectivity index (χ0v) is 15.1. The Morgan fingerprint density at radius 1 is 0.958 bits per heavy atom. The maximum absolute atomic E-state index is 13.0. The zero-order valence-electron chi connectivity index (χ0n) is 14.3. The van der Waals surface area contributed by atoms with E-state index in [2.05, 4.69) is 11.6 Å². The van der Waals surface area contributed by atoms with Crippen molar-refractivity contribution in [3.05, 3.63) is 65.5 Å². The SMILES string of the molecule is Cc1ccc(S(=O)(=O)NC(C)CCC(C)c2ccc(F)cc2)cc1. The van der Waals surface area contributed by atoms with Crippen molar-refractivity contribution in [2.75, 3.05) is 0 Å². The number of rotatable bonds is 7. The number of halogens is 1. The highest BCUT2D eigenvalue weighted by Gasteiger charge is 2.18. The molecule has 2 aromatic carbocycles. The molecular formula is C19H24FNO2S. The number of sulfonamides is 1. The predicted octanol–water partition coefficient (Wildman–Crippen LogP) is 4.38. The minimum Gasteiger partial charge on any atom is -0.208 e. The van der Waals surface area contributed by atoms with E-state index in [0.717, 1.165) is 17.5 Å². The summed E-state index contributed by atoms with van der Waals surface area (Å²) in [7, 11) is -3.49. The molecular weight excluding hydrogens is 325 g/mol. The molecule has 0 heterocycles. The van der Waals surface area contributed by atoms with Crippen LogP contribution in [0.4, 0.5) is 4.39 Å². The lowest BCUT2D eigenvalue weighted by molar-refractivity contribution is 0.516. The lowest BCUT2D eigenvalue weighted by Crippen LogP contribution is -2.32. The second kappa shape index (κ2) is 7.90. The zero-order chi connectivity index (χ0) is 17.7. The quantitative estimate of drug-likeness (QED) is 0.806. The Morgan fingerprint density at radius 3 is 2.12 bits per heavy atom. The van der Waals surface area contributed by atoms with Crippen LogP contribution in [-0.4, -0.2) is 14.5 Å². The van der Waals surface area contributed by atoms with Gasteiger partial charge in [-0.1, -0.05) is 36.8 Å². The van der Waals surface area contributed by atoms with E-state index in [-0.39, 0.29) is 22.7 Å². The van der Waals surface area contributed by atoms with Crippen LogP contribution in [0.2, 0.25) is 0 Å². The molecule has 0 aliphatic carbocycles. The van der Waals surface area contributed by atoms with Crippen LogP contribution in [0.3, 0.4) is 0 Å². The van der Waals surface area contributed by atoms with Crippen molar-refractivity contribution in [3.8, 4) is 0 Å². The third-order valence-electron chi connectivity index (χ3n) is 4.16. The van der Waals surface area contributed by atoms with Gasteiger partial charge in [0.25, 0.3) is 0 Å². The molecule has 0 aliphatic heterocycles. The molecule has 0 spiro atoms. The van der Waals surface area contributed by atoms with Crippen molar-refractivity contribution in [1.29, 1.82) is 0 Å². The highest BCUT2D eigenvalue weighted by atomic mass is 32.2. The van der Waals surface area contributed by atoms with Crippen LogP contribution in [-0.2, 0) is 10.0 Å². The molecule has 2 rings (SSSR count). The molecule has 2 unspecified atom stereocenters. The van der Waals surface area contributed by atoms with Crippen LogP contribution >= 0.6 is 0 Å². The fraction of sp³-hybridized carbons (Fsp3) is 0.368. The Labute approximate surface area is 144 Å². The average Bonchev–Trinajstić information content (AvgIpc) is 2.53. The van der Waals surface area contributed by atoms with Crippen molar-refractivity contribution >= 4 is 10.0 Å². The summed E-state index contributed by atoms with van der Waals surface area (Å²) in [5, 5.41) is 0. The summed E-state index contributed by atoms with van der Waals surface area (Å²) < 4.78 is 40.4. The summed E-state index contributed by atoms with van der Waals surface area (Å²) in [6.07, 6.45) is 1.53. The third kappa shape index (κ3) is 5.14. The first kappa shape index (κ1) is 18.6. The van der Waals surface area contributed by atoms with Crippen molar-refractivity contribution in [1.82, 2.24) is 4.72 Å². The van der Waals surface area contributed by atoms with Gasteiger partial charge < -0.3 is 0 Å². The summed E-state index contributed by atoms with van der Waals surface area (Å²) in [5.74, 6) is 0.00195. The summed E-state index contributed by atoms with van der Waals surface area (Å²) in [4.78, 5) is 0.284. The van der Waals surface area contributed by atoms with Gasteiger partial charge in [0.05, 0.1) is 4.90 Å². The molecule has 5 heteroatoms. The van der Waals surface area contributed by atoms with Crippen molar-refractivity contribution in [2.24, 2.45) is 0 Å². The molecule has 0 aromatic heterocycles. The highest BCUT2D eigenvalue weighted by molar-refractivity contribution is 7.89. The lowest BCUT2D eigenvalue weighted by atomic mass is 9.95. The fourth-order valence-corrected chi connectivity index (χ4v) is 3.85. The average molecular weight is 349 g/mol. The molecule has 0 bridgehead atoms. The molecule has 24 heavy (non-hydrogen) atoms. The predicted molar refractivity (Wildman–Crippen MR) is 95.0 cm³/mol. The fourth-order valence-electron chi connectivity index (χ4n) is 2.57. The molecule has 130 valence electrons. The molecule has 0 fully saturated rings. The van der Waals surface area contributed by atoms with E-state index in [4.69, 9.17) is 0 Å². The van der Waals surface area contributed by atoms with Crippen molar-refractivity contribution in [2.45, 2.75) is 50.5 Å². The van der Waals surface area contributed by atoms with E-state index in [1.165, 1.54) is 12.1 Å². The van der Waals surface area contributed by atoms with Crippen LogP contribution in [0.15, 0.2) is 53.4 Å². The highest BCUT2D eigenvalue weighted by Crippen LogP contribution is 2.22. The number of aryl methyl sites for hydroxylation is 1. The van der Waals surface area contributed by atoms with Gasteiger partial charge in [-0.15, -0.1) is 0 Å². The first-order chi connectivity index (χ1) is 11.3. The Hall–Kier alpha value is -1.72. The first-order valence-corrected chi connectivity index (χ1v) is 9.61. The number of hydrogen-bond donors (Lipinski definition) is 1. The number of nitrogens with one attached hydrogen (secondary N) is 1. The van der Waals surface area contributed by atoms with Crippen LogP contribution in [0.1, 0.15) is 43.7 Å². The Morgan fingerprint density at radius 2 is 1.54 bits per heavy atom. The molecule has 0 saturated carbocycles. The maximum atomic E-state index is 13.0. The first-order valence-electron chi connectivity index (χ1n) is 8.12. The molecule has 0 radical (unpaired) electrons. The number of benzene rings is 2. The summed E-state index contributed by atoms with van der Waals surface area (Å²) in [5.41, 5.74) is 2.08. The molecule has 0 amide bonds. The molecule has 3 nitrogen and oxygen atoms in total. The van der Waals surface area contributed by atoms with Gasteiger partial charge >= 0.3 is 0 Å². The van der Waals surface area contributed by atoms with E-state index in [0.29, 0.717) is 6.42 Å². The topological polar surface area (TPSA) is 46.2 Å². The van der Waals surface area contributed by atoms with Gasteiger partial charge in [0.1, 0.15) is 5.82 Å². The third-order valence-corrected chi connectivity index (χ3v) is 5.76. The normalized spacial score (nSPS) is 14.3. The van der Waals surface area contributed by atoms with Crippen LogP contribution in [0.5, 0.6) is 0 Å². The van der Waals surface area contributed by atoms with Crippen LogP contribution < -0.4 is 4.72 Å². The molecule has 0 saturated heterocycles.